The highest BCUT2D eigenvalue weighted by molar-refractivity contribution is 5.68. The van der Waals surface area contributed by atoms with Crippen molar-refractivity contribution in [2.75, 3.05) is 6.61 Å². The van der Waals surface area contributed by atoms with Gasteiger partial charge in [-0.1, -0.05) is 0 Å². The Hall–Kier alpha value is -2.18. The molecule has 0 bridgehead atoms. The topological polar surface area (TPSA) is 103 Å². The number of ether oxygens (including phenoxy) is 1. The SMILES string of the molecule is O=C(O)COc1cccnc1[N+](=O)[O-]. The maximum absolute atomic E-state index is 10.4. The van der Waals surface area contributed by atoms with Gasteiger partial charge in [0.25, 0.3) is 0 Å². The van der Waals surface area contributed by atoms with Gasteiger partial charge in [0.15, 0.2) is 6.61 Å². The lowest BCUT2D eigenvalue weighted by molar-refractivity contribution is -0.390. The Morgan fingerprint density at radius 2 is 2.43 bits per heavy atom. The van der Waals surface area contributed by atoms with Crippen LogP contribution in [0.5, 0.6) is 5.75 Å². The van der Waals surface area contributed by atoms with E-state index >= 15 is 0 Å². The van der Waals surface area contributed by atoms with Gasteiger partial charge in [-0.2, -0.15) is 0 Å². The molecule has 0 aromatic carbocycles. The van der Waals surface area contributed by atoms with E-state index in [4.69, 9.17) is 5.11 Å². The molecule has 0 radical (unpaired) electrons. The largest absolute Gasteiger partial charge is 0.479 e. The van der Waals surface area contributed by atoms with Crippen LogP contribution < -0.4 is 4.74 Å². The number of carboxylic acids is 1. The van der Waals surface area contributed by atoms with E-state index in [1.54, 1.807) is 0 Å². The van der Waals surface area contributed by atoms with Crippen molar-refractivity contribution in [3.63, 3.8) is 0 Å². The van der Waals surface area contributed by atoms with E-state index in [9.17, 15) is 14.9 Å². The molecule has 74 valence electrons. The molecule has 0 aliphatic heterocycles. The van der Waals surface area contributed by atoms with Crippen LogP contribution in [0.1, 0.15) is 0 Å². The van der Waals surface area contributed by atoms with Gasteiger partial charge in [-0.05, 0) is 22.0 Å². The molecule has 1 heterocycles. The van der Waals surface area contributed by atoms with E-state index in [0.717, 1.165) is 0 Å². The van der Waals surface area contributed by atoms with Crippen LogP contribution in [0.4, 0.5) is 5.82 Å². The second-order valence-electron chi connectivity index (χ2n) is 2.26. The molecule has 0 saturated heterocycles. The van der Waals surface area contributed by atoms with Crippen LogP contribution in [0.2, 0.25) is 0 Å². The maximum atomic E-state index is 10.4. The van der Waals surface area contributed by atoms with Gasteiger partial charge in [0.1, 0.15) is 6.20 Å². The third-order valence-corrected chi connectivity index (χ3v) is 1.27. The van der Waals surface area contributed by atoms with Crippen LogP contribution in [-0.2, 0) is 4.79 Å². The number of carboxylic acid groups (broad SMARTS) is 1. The van der Waals surface area contributed by atoms with Crippen molar-refractivity contribution in [1.29, 1.82) is 0 Å². The summed E-state index contributed by atoms with van der Waals surface area (Å²) in [4.78, 5) is 23.2. The highest BCUT2D eigenvalue weighted by Gasteiger charge is 2.15. The van der Waals surface area contributed by atoms with Crippen molar-refractivity contribution >= 4 is 11.8 Å². The number of carbonyl (C=O) groups is 1. The summed E-state index contributed by atoms with van der Waals surface area (Å²) >= 11 is 0. The number of aliphatic carboxylic acids is 1. The molecular formula is C7H6N2O5. The van der Waals surface area contributed by atoms with Crippen molar-refractivity contribution in [2.24, 2.45) is 0 Å². The molecule has 0 spiro atoms. The lowest BCUT2D eigenvalue weighted by Gasteiger charge is -2.01. The number of pyridine rings is 1. The first-order valence-corrected chi connectivity index (χ1v) is 3.55. The van der Waals surface area contributed by atoms with Crippen molar-refractivity contribution in [1.82, 2.24) is 4.98 Å². The predicted molar refractivity (Wildman–Crippen MR) is 44.0 cm³/mol. The van der Waals surface area contributed by atoms with Gasteiger partial charge in [0.05, 0.1) is 0 Å². The van der Waals surface area contributed by atoms with Gasteiger partial charge in [-0.15, -0.1) is 0 Å². The van der Waals surface area contributed by atoms with E-state index < -0.39 is 23.3 Å². The lowest BCUT2D eigenvalue weighted by Crippen LogP contribution is -2.10. The summed E-state index contributed by atoms with van der Waals surface area (Å²) in [6.07, 6.45) is 1.23. The summed E-state index contributed by atoms with van der Waals surface area (Å²) in [5.41, 5.74) is 0. The van der Waals surface area contributed by atoms with Crippen molar-refractivity contribution in [2.45, 2.75) is 0 Å². The maximum Gasteiger partial charge on any atom is 0.406 e. The van der Waals surface area contributed by atoms with E-state index in [2.05, 4.69) is 9.72 Å². The third-order valence-electron chi connectivity index (χ3n) is 1.27. The van der Waals surface area contributed by atoms with Crippen LogP contribution in [0.25, 0.3) is 0 Å². The first-order valence-electron chi connectivity index (χ1n) is 3.55. The smallest absolute Gasteiger partial charge is 0.406 e. The minimum absolute atomic E-state index is 0.153. The molecule has 1 aromatic rings. The van der Waals surface area contributed by atoms with Crippen LogP contribution in [-0.4, -0.2) is 27.6 Å². The van der Waals surface area contributed by atoms with Gasteiger partial charge in [0.2, 0.25) is 5.75 Å². The Morgan fingerprint density at radius 1 is 1.71 bits per heavy atom. The summed E-state index contributed by atoms with van der Waals surface area (Å²) in [6, 6.07) is 2.71. The molecule has 0 fully saturated rings. The molecule has 0 saturated carbocycles. The average molecular weight is 198 g/mol. The van der Waals surface area contributed by atoms with Crippen LogP contribution in [0, 0.1) is 10.1 Å². The number of aromatic nitrogens is 1. The molecule has 7 heteroatoms. The van der Waals surface area contributed by atoms with Crippen molar-refractivity contribution in [3.05, 3.63) is 28.4 Å². The fourth-order valence-electron chi connectivity index (χ4n) is 0.771. The zero-order valence-corrected chi connectivity index (χ0v) is 6.91. The van der Waals surface area contributed by atoms with E-state index in [1.165, 1.54) is 18.3 Å². The molecule has 0 aliphatic carbocycles. The number of hydrogen-bond donors (Lipinski definition) is 1. The van der Waals surface area contributed by atoms with Crippen LogP contribution >= 0.6 is 0 Å². The minimum atomic E-state index is -1.21. The molecule has 0 atom stereocenters. The quantitative estimate of drug-likeness (QED) is 0.556. The lowest BCUT2D eigenvalue weighted by atomic mass is 10.4. The standard InChI is InChI=1S/C7H6N2O5/c10-6(11)4-14-5-2-1-3-8-7(5)9(12)13/h1-3H,4H2,(H,10,11). The summed E-state index contributed by atoms with van der Waals surface area (Å²) in [5, 5.41) is 18.7. The predicted octanol–water partition coefficient (Wildman–Crippen LogP) is 0.453. The molecule has 0 unspecified atom stereocenters. The van der Waals surface area contributed by atoms with E-state index in [1.807, 2.05) is 0 Å². The Kier molecular flexibility index (Phi) is 2.95. The second-order valence-corrected chi connectivity index (χ2v) is 2.26. The fraction of sp³-hybridized carbons (Fsp3) is 0.143. The normalized spacial score (nSPS) is 9.43. The highest BCUT2D eigenvalue weighted by Crippen LogP contribution is 2.22. The van der Waals surface area contributed by atoms with Crippen molar-refractivity contribution in [3.8, 4) is 5.75 Å². The van der Waals surface area contributed by atoms with Gasteiger partial charge in [-0.25, -0.2) is 4.79 Å². The fourth-order valence-corrected chi connectivity index (χ4v) is 0.771. The second kappa shape index (κ2) is 4.17. The zero-order valence-electron chi connectivity index (χ0n) is 6.91. The summed E-state index contributed by atoms with van der Waals surface area (Å²) in [6.45, 7) is -0.632. The Balaban J connectivity index is 2.84. The number of nitro groups is 1. The monoisotopic (exact) mass is 198 g/mol. The van der Waals surface area contributed by atoms with Crippen LogP contribution in [0.15, 0.2) is 18.3 Å². The van der Waals surface area contributed by atoms with E-state index in [0.29, 0.717) is 0 Å². The Labute approximate surface area is 78.1 Å². The third kappa shape index (κ3) is 2.41. The van der Waals surface area contributed by atoms with E-state index in [-0.39, 0.29) is 5.75 Å². The molecule has 0 amide bonds. The van der Waals surface area contributed by atoms with Gasteiger partial charge in [0, 0.05) is 0 Å². The Bertz CT molecular complexity index is 365. The number of rotatable bonds is 4. The zero-order chi connectivity index (χ0) is 10.6. The molecule has 1 rings (SSSR count). The van der Waals surface area contributed by atoms with Crippen molar-refractivity contribution < 1.29 is 19.6 Å². The summed E-state index contributed by atoms with van der Waals surface area (Å²) in [7, 11) is 0. The first-order chi connectivity index (χ1) is 6.61. The summed E-state index contributed by atoms with van der Waals surface area (Å²) in [5.74, 6) is -1.85. The molecule has 0 aliphatic rings. The first kappa shape index (κ1) is 9.90. The molecular weight excluding hydrogens is 192 g/mol. The molecule has 14 heavy (non-hydrogen) atoms. The van der Waals surface area contributed by atoms with Gasteiger partial charge >= 0.3 is 11.8 Å². The summed E-state index contributed by atoms with van der Waals surface area (Å²) < 4.78 is 4.66. The van der Waals surface area contributed by atoms with Gasteiger partial charge < -0.3 is 20.0 Å². The molecule has 1 N–H and O–H groups in total. The molecule has 7 nitrogen and oxygen atoms in total. The molecule has 1 aromatic heterocycles. The number of nitrogens with zero attached hydrogens (tertiary/aromatic N) is 2. The Morgan fingerprint density at radius 3 is 3.00 bits per heavy atom. The average Bonchev–Trinajstić information content (AvgIpc) is 2.15. The number of hydrogen-bond acceptors (Lipinski definition) is 5. The van der Waals surface area contributed by atoms with Gasteiger partial charge in [-0.3, -0.25) is 0 Å². The van der Waals surface area contributed by atoms with Crippen LogP contribution in [0.3, 0.4) is 0 Å². The highest BCUT2D eigenvalue weighted by atomic mass is 16.6. The minimum Gasteiger partial charge on any atom is -0.479 e.